The Hall–Kier alpha value is -0.740. The molecule has 0 unspecified atom stereocenters. The summed E-state index contributed by atoms with van der Waals surface area (Å²) in [5.74, 6) is 0. The van der Waals surface area contributed by atoms with E-state index in [-0.39, 0.29) is 11.4 Å². The molecular formula is C12H15ClN4O2S3. The third-order valence-corrected chi connectivity index (χ3v) is 5.81. The summed E-state index contributed by atoms with van der Waals surface area (Å²) in [7, 11) is -3.58. The van der Waals surface area contributed by atoms with Gasteiger partial charge in [0, 0.05) is 18.1 Å². The Morgan fingerprint density at radius 1 is 1.23 bits per heavy atom. The van der Waals surface area contributed by atoms with Gasteiger partial charge < -0.3 is 0 Å². The lowest BCUT2D eigenvalue weighted by molar-refractivity contribution is 0.551. The molecule has 1 N–H and O–H groups in total. The molecule has 0 spiro atoms. The van der Waals surface area contributed by atoms with Crippen LogP contribution in [0.25, 0.3) is 0 Å². The summed E-state index contributed by atoms with van der Waals surface area (Å²) in [6.07, 6.45) is 3.81. The van der Waals surface area contributed by atoms with E-state index < -0.39 is 10.0 Å². The predicted molar refractivity (Wildman–Crippen MR) is 90.2 cm³/mol. The second-order valence-electron chi connectivity index (χ2n) is 4.18. The average Bonchev–Trinajstić information content (AvgIpc) is 2.89. The molecule has 0 aliphatic heterocycles. The number of thioether (sulfide) groups is 2. The third-order valence-electron chi connectivity index (χ3n) is 2.78. The summed E-state index contributed by atoms with van der Waals surface area (Å²) >= 11 is 8.77. The highest BCUT2D eigenvalue weighted by Gasteiger charge is 2.15. The van der Waals surface area contributed by atoms with Crippen LogP contribution in [0.2, 0.25) is 5.02 Å². The van der Waals surface area contributed by atoms with E-state index in [9.17, 15) is 8.42 Å². The molecule has 1 aromatic carbocycles. The van der Waals surface area contributed by atoms with E-state index >= 15 is 0 Å². The zero-order chi connectivity index (χ0) is 16.2. The summed E-state index contributed by atoms with van der Waals surface area (Å²) in [5.41, 5.74) is 0. The first kappa shape index (κ1) is 17.6. The average molecular weight is 379 g/mol. The van der Waals surface area contributed by atoms with Gasteiger partial charge in [0.05, 0.1) is 4.90 Å². The van der Waals surface area contributed by atoms with E-state index in [1.807, 2.05) is 17.1 Å². The molecule has 1 aromatic heterocycles. The van der Waals surface area contributed by atoms with Gasteiger partial charge in [-0.15, -0.1) is 10.2 Å². The molecule has 0 atom stereocenters. The van der Waals surface area contributed by atoms with Crippen LogP contribution in [0.5, 0.6) is 0 Å². The van der Waals surface area contributed by atoms with Crippen molar-refractivity contribution in [2.45, 2.75) is 21.8 Å². The SMILES string of the molecule is CSc1nnc(SC)n1CCNS(=O)(=O)c1cccc(Cl)c1. The summed E-state index contributed by atoms with van der Waals surface area (Å²) < 4.78 is 28.8. The van der Waals surface area contributed by atoms with Gasteiger partial charge in [0.2, 0.25) is 10.0 Å². The number of sulfonamides is 1. The number of rotatable bonds is 7. The van der Waals surface area contributed by atoms with Gasteiger partial charge in [-0.2, -0.15) is 0 Å². The Balaban J connectivity index is 2.06. The molecule has 0 aliphatic rings. The topological polar surface area (TPSA) is 76.9 Å². The van der Waals surface area contributed by atoms with Crippen LogP contribution in [0.3, 0.4) is 0 Å². The van der Waals surface area contributed by atoms with Crippen LogP contribution >= 0.6 is 35.1 Å². The first-order valence-corrected chi connectivity index (χ1v) is 10.6. The summed E-state index contributed by atoms with van der Waals surface area (Å²) in [6, 6.07) is 6.17. The van der Waals surface area contributed by atoms with Gasteiger partial charge in [0.25, 0.3) is 0 Å². The summed E-state index contributed by atoms with van der Waals surface area (Å²) in [5, 5.41) is 10.00. The molecule has 0 radical (unpaired) electrons. The molecule has 6 nitrogen and oxygen atoms in total. The normalized spacial score (nSPS) is 11.8. The number of aromatic nitrogens is 3. The Bertz CT molecular complexity index is 727. The van der Waals surface area contributed by atoms with Crippen molar-refractivity contribution in [3.8, 4) is 0 Å². The molecule has 0 aliphatic carbocycles. The van der Waals surface area contributed by atoms with E-state index in [0.29, 0.717) is 11.6 Å². The highest BCUT2D eigenvalue weighted by Crippen LogP contribution is 2.19. The maximum absolute atomic E-state index is 12.2. The van der Waals surface area contributed by atoms with Crippen molar-refractivity contribution in [2.75, 3.05) is 19.1 Å². The van der Waals surface area contributed by atoms with Crippen LogP contribution in [0, 0.1) is 0 Å². The second-order valence-corrected chi connectivity index (χ2v) is 7.93. The fourth-order valence-electron chi connectivity index (χ4n) is 1.78. The van der Waals surface area contributed by atoms with Crippen molar-refractivity contribution in [2.24, 2.45) is 0 Å². The molecule has 0 amide bonds. The van der Waals surface area contributed by atoms with Crippen molar-refractivity contribution in [1.82, 2.24) is 19.5 Å². The fraction of sp³-hybridized carbons (Fsp3) is 0.333. The highest BCUT2D eigenvalue weighted by atomic mass is 35.5. The largest absolute Gasteiger partial charge is 0.296 e. The van der Waals surface area contributed by atoms with Gasteiger partial charge in [-0.25, -0.2) is 13.1 Å². The minimum atomic E-state index is -3.58. The van der Waals surface area contributed by atoms with Crippen LogP contribution in [-0.2, 0) is 16.6 Å². The van der Waals surface area contributed by atoms with Gasteiger partial charge in [-0.3, -0.25) is 4.57 Å². The molecule has 2 aromatic rings. The van der Waals surface area contributed by atoms with Crippen LogP contribution < -0.4 is 4.72 Å². The molecule has 1 heterocycles. The van der Waals surface area contributed by atoms with Gasteiger partial charge in [0.1, 0.15) is 0 Å². The monoisotopic (exact) mass is 378 g/mol. The van der Waals surface area contributed by atoms with Crippen LogP contribution in [0.15, 0.2) is 39.5 Å². The fourth-order valence-corrected chi connectivity index (χ4v) is 4.20. The van der Waals surface area contributed by atoms with Gasteiger partial charge >= 0.3 is 0 Å². The van der Waals surface area contributed by atoms with Gasteiger partial charge in [0.15, 0.2) is 10.3 Å². The molecule has 10 heteroatoms. The smallest absolute Gasteiger partial charge is 0.240 e. The minimum Gasteiger partial charge on any atom is -0.296 e. The maximum Gasteiger partial charge on any atom is 0.240 e. The van der Waals surface area contributed by atoms with Crippen LogP contribution in [-0.4, -0.2) is 42.2 Å². The second kappa shape index (κ2) is 7.69. The number of benzene rings is 1. The lowest BCUT2D eigenvalue weighted by Crippen LogP contribution is -2.27. The van der Waals surface area contributed by atoms with E-state index in [0.717, 1.165) is 10.3 Å². The minimum absolute atomic E-state index is 0.152. The zero-order valence-corrected chi connectivity index (χ0v) is 15.2. The number of nitrogens with one attached hydrogen (secondary N) is 1. The third kappa shape index (κ3) is 4.17. The lowest BCUT2D eigenvalue weighted by Gasteiger charge is -2.10. The van der Waals surface area contributed by atoms with Crippen molar-refractivity contribution in [3.63, 3.8) is 0 Å². The molecule has 0 saturated carbocycles. The first-order valence-electron chi connectivity index (χ1n) is 6.24. The van der Waals surface area contributed by atoms with Crippen LogP contribution in [0.4, 0.5) is 0 Å². The van der Waals surface area contributed by atoms with E-state index in [1.165, 1.54) is 35.7 Å². The standard InChI is InChI=1S/C12H15ClN4O2S3/c1-20-11-15-16-12(21-2)17(11)7-6-14-22(18,19)10-5-3-4-9(13)8-10/h3-5,8,14H,6-7H2,1-2H3. The molecule has 120 valence electrons. The number of hydrogen-bond donors (Lipinski definition) is 1. The van der Waals surface area contributed by atoms with Crippen molar-refractivity contribution in [3.05, 3.63) is 29.3 Å². The Morgan fingerprint density at radius 2 is 1.86 bits per heavy atom. The maximum atomic E-state index is 12.2. The number of hydrogen-bond acceptors (Lipinski definition) is 6. The molecular weight excluding hydrogens is 364 g/mol. The Labute approximate surface area is 143 Å². The zero-order valence-electron chi connectivity index (χ0n) is 12.0. The molecule has 22 heavy (non-hydrogen) atoms. The van der Waals surface area contributed by atoms with Crippen molar-refractivity contribution in [1.29, 1.82) is 0 Å². The highest BCUT2D eigenvalue weighted by molar-refractivity contribution is 7.99. The van der Waals surface area contributed by atoms with Gasteiger partial charge in [-0.05, 0) is 30.7 Å². The summed E-state index contributed by atoms with van der Waals surface area (Å²) in [4.78, 5) is 0.152. The number of nitrogens with zero attached hydrogens (tertiary/aromatic N) is 3. The molecule has 2 rings (SSSR count). The number of halogens is 1. The van der Waals surface area contributed by atoms with Gasteiger partial charge in [-0.1, -0.05) is 41.2 Å². The van der Waals surface area contributed by atoms with Crippen molar-refractivity contribution < 1.29 is 8.42 Å². The molecule has 0 saturated heterocycles. The predicted octanol–water partition coefficient (Wildman–Crippen LogP) is 2.35. The van der Waals surface area contributed by atoms with E-state index in [4.69, 9.17) is 11.6 Å². The van der Waals surface area contributed by atoms with E-state index in [2.05, 4.69) is 14.9 Å². The van der Waals surface area contributed by atoms with Crippen molar-refractivity contribution >= 4 is 45.1 Å². The Kier molecular flexibility index (Phi) is 6.16. The first-order chi connectivity index (χ1) is 10.5. The quantitative estimate of drug-likeness (QED) is 0.745. The van der Waals surface area contributed by atoms with E-state index in [1.54, 1.807) is 12.1 Å². The Morgan fingerprint density at radius 3 is 2.41 bits per heavy atom. The molecule has 0 bridgehead atoms. The van der Waals surface area contributed by atoms with Crippen LogP contribution in [0.1, 0.15) is 0 Å². The molecule has 0 fully saturated rings. The summed E-state index contributed by atoms with van der Waals surface area (Å²) in [6.45, 7) is 0.702. The lowest BCUT2D eigenvalue weighted by atomic mass is 10.4.